The van der Waals surface area contributed by atoms with Crippen LogP contribution in [0.2, 0.25) is 0 Å². The van der Waals surface area contributed by atoms with Crippen molar-refractivity contribution < 1.29 is 0 Å². The lowest BCUT2D eigenvalue weighted by molar-refractivity contribution is 0.474. The molecule has 1 aliphatic carbocycles. The highest BCUT2D eigenvalue weighted by atomic mass is 35.5. The van der Waals surface area contributed by atoms with E-state index < -0.39 is 0 Å². The maximum absolute atomic E-state index is 6.15. The minimum atomic E-state index is 0.232. The molecule has 1 heterocycles. The molecule has 3 heteroatoms. The molecule has 2 unspecified atom stereocenters. The molecule has 1 aliphatic rings. The van der Waals surface area contributed by atoms with E-state index in [9.17, 15) is 0 Å². The Morgan fingerprint density at radius 3 is 3.12 bits per heavy atom. The van der Waals surface area contributed by atoms with Crippen LogP contribution < -0.4 is 0 Å². The molecule has 1 aromatic rings. The van der Waals surface area contributed by atoms with Crippen molar-refractivity contribution in [2.45, 2.75) is 57.4 Å². The Morgan fingerprint density at radius 1 is 1.59 bits per heavy atom. The molecule has 2 atom stereocenters. The van der Waals surface area contributed by atoms with E-state index in [4.69, 9.17) is 11.6 Å². The van der Waals surface area contributed by atoms with Crippen LogP contribution >= 0.6 is 11.6 Å². The lowest BCUT2D eigenvalue weighted by atomic mass is 9.96. The minimum absolute atomic E-state index is 0.232. The number of hydrogen-bond donors (Lipinski definition) is 0. The van der Waals surface area contributed by atoms with Gasteiger partial charge in [0, 0.05) is 18.7 Å². The maximum Gasteiger partial charge on any atom is 0.0665 e. The molecule has 0 N–H and O–H groups in total. The van der Waals surface area contributed by atoms with E-state index in [1.54, 1.807) is 0 Å². The van der Waals surface area contributed by atoms with Crippen molar-refractivity contribution >= 4 is 11.6 Å². The lowest BCUT2D eigenvalue weighted by Crippen LogP contribution is -2.07. The lowest BCUT2D eigenvalue weighted by Gasteiger charge is -2.15. The van der Waals surface area contributed by atoms with Gasteiger partial charge in [0.05, 0.1) is 11.1 Å². The Morgan fingerprint density at radius 2 is 2.41 bits per heavy atom. The van der Waals surface area contributed by atoms with E-state index in [0.717, 1.165) is 19.3 Å². The van der Waals surface area contributed by atoms with Crippen molar-refractivity contribution in [2.24, 2.45) is 0 Å². The van der Waals surface area contributed by atoms with Crippen molar-refractivity contribution in [3.05, 3.63) is 29.6 Å². The molecule has 0 bridgehead atoms. The van der Waals surface area contributed by atoms with Crippen LogP contribution in [-0.2, 0) is 6.42 Å². The second-order valence-corrected chi connectivity index (χ2v) is 5.51. The molecule has 1 aromatic heterocycles. The Balaban J connectivity index is 2.01. The first kappa shape index (κ1) is 12.7. The molecule has 94 valence electrons. The van der Waals surface area contributed by atoms with E-state index in [0.29, 0.717) is 6.04 Å². The Hall–Kier alpha value is -0.760. The van der Waals surface area contributed by atoms with Crippen LogP contribution in [0.15, 0.2) is 23.9 Å². The summed E-state index contributed by atoms with van der Waals surface area (Å²) in [6.45, 7) is 4.39. The summed E-state index contributed by atoms with van der Waals surface area (Å²) in [4.78, 5) is 0. The van der Waals surface area contributed by atoms with Crippen LogP contribution in [0.1, 0.15) is 51.3 Å². The third-order valence-electron chi connectivity index (χ3n) is 3.51. The van der Waals surface area contributed by atoms with Gasteiger partial charge in [-0.05, 0) is 38.7 Å². The van der Waals surface area contributed by atoms with Gasteiger partial charge in [0.1, 0.15) is 0 Å². The first-order valence-corrected chi connectivity index (χ1v) is 7.00. The smallest absolute Gasteiger partial charge is 0.0665 e. The number of nitrogens with zero attached hydrogens (tertiary/aromatic N) is 2. The summed E-state index contributed by atoms with van der Waals surface area (Å²) < 4.78 is 2.07. The van der Waals surface area contributed by atoms with Gasteiger partial charge in [-0.3, -0.25) is 4.68 Å². The van der Waals surface area contributed by atoms with Gasteiger partial charge in [0.2, 0.25) is 0 Å². The van der Waals surface area contributed by atoms with Gasteiger partial charge in [-0.15, -0.1) is 11.6 Å². The van der Waals surface area contributed by atoms with E-state index in [2.05, 4.69) is 42.0 Å². The zero-order valence-corrected chi connectivity index (χ0v) is 11.5. The largest absolute Gasteiger partial charge is 0.270 e. The summed E-state index contributed by atoms with van der Waals surface area (Å²) in [5.41, 5.74) is 2.62. The molecule has 0 spiro atoms. The zero-order chi connectivity index (χ0) is 12.3. The van der Waals surface area contributed by atoms with E-state index in [-0.39, 0.29) is 5.38 Å². The van der Waals surface area contributed by atoms with E-state index in [1.165, 1.54) is 24.1 Å². The number of allylic oxidation sites excluding steroid dienone is 2. The third-order valence-corrected chi connectivity index (χ3v) is 3.85. The molecular formula is C14H21ClN2. The Labute approximate surface area is 109 Å². The summed E-state index contributed by atoms with van der Waals surface area (Å²) in [7, 11) is 0. The van der Waals surface area contributed by atoms with Crippen molar-refractivity contribution in [3.8, 4) is 0 Å². The summed E-state index contributed by atoms with van der Waals surface area (Å²) in [5, 5.41) is 4.86. The van der Waals surface area contributed by atoms with Gasteiger partial charge in [-0.1, -0.05) is 18.6 Å². The standard InChI is InChI=1S/C14H21ClN2/c1-3-11(2)17-8-7-14(16-17)10-12-5-4-6-13(15)9-12/h7-9,11,13H,3-6,10H2,1-2H3. The Kier molecular flexibility index (Phi) is 4.27. The monoisotopic (exact) mass is 252 g/mol. The highest BCUT2D eigenvalue weighted by Crippen LogP contribution is 2.24. The fourth-order valence-electron chi connectivity index (χ4n) is 2.23. The summed E-state index contributed by atoms with van der Waals surface area (Å²) in [6, 6.07) is 2.62. The highest BCUT2D eigenvalue weighted by Gasteiger charge is 2.13. The predicted molar refractivity (Wildman–Crippen MR) is 72.5 cm³/mol. The molecule has 0 aromatic carbocycles. The average molecular weight is 253 g/mol. The second kappa shape index (κ2) is 5.72. The van der Waals surface area contributed by atoms with Gasteiger partial charge < -0.3 is 0 Å². The van der Waals surface area contributed by atoms with Crippen LogP contribution in [0.25, 0.3) is 0 Å². The molecule has 2 nitrogen and oxygen atoms in total. The number of aromatic nitrogens is 2. The molecule has 0 amide bonds. The number of halogens is 1. The molecule has 0 aliphatic heterocycles. The van der Waals surface area contributed by atoms with Gasteiger partial charge in [-0.2, -0.15) is 5.10 Å². The molecule has 0 saturated heterocycles. The summed E-state index contributed by atoms with van der Waals surface area (Å²) in [5.74, 6) is 0. The summed E-state index contributed by atoms with van der Waals surface area (Å²) >= 11 is 6.15. The summed E-state index contributed by atoms with van der Waals surface area (Å²) in [6.07, 6.45) is 9.90. The van der Waals surface area contributed by atoms with Crippen molar-refractivity contribution in [3.63, 3.8) is 0 Å². The van der Waals surface area contributed by atoms with Crippen molar-refractivity contribution in [2.75, 3.05) is 0 Å². The maximum atomic E-state index is 6.15. The van der Waals surface area contributed by atoms with E-state index >= 15 is 0 Å². The number of rotatable bonds is 4. The first-order chi connectivity index (χ1) is 8.19. The fraction of sp³-hybridized carbons (Fsp3) is 0.643. The van der Waals surface area contributed by atoms with Crippen LogP contribution in [0.5, 0.6) is 0 Å². The first-order valence-electron chi connectivity index (χ1n) is 6.56. The van der Waals surface area contributed by atoms with Crippen LogP contribution in [0.4, 0.5) is 0 Å². The Bertz CT molecular complexity index is 395. The van der Waals surface area contributed by atoms with Crippen molar-refractivity contribution in [1.82, 2.24) is 9.78 Å². The SMILES string of the molecule is CCC(C)n1ccc(CC2=CC(Cl)CCC2)n1. The molecule has 0 radical (unpaired) electrons. The highest BCUT2D eigenvalue weighted by molar-refractivity contribution is 6.21. The minimum Gasteiger partial charge on any atom is -0.270 e. The van der Waals surface area contributed by atoms with Crippen LogP contribution in [0.3, 0.4) is 0 Å². The van der Waals surface area contributed by atoms with Gasteiger partial charge >= 0.3 is 0 Å². The number of alkyl halides is 1. The van der Waals surface area contributed by atoms with Gasteiger partial charge in [0.25, 0.3) is 0 Å². The topological polar surface area (TPSA) is 17.8 Å². The van der Waals surface area contributed by atoms with Crippen molar-refractivity contribution in [1.29, 1.82) is 0 Å². The quantitative estimate of drug-likeness (QED) is 0.582. The normalized spacial score (nSPS) is 22.3. The van der Waals surface area contributed by atoms with E-state index in [1.807, 2.05) is 0 Å². The third kappa shape index (κ3) is 3.35. The second-order valence-electron chi connectivity index (χ2n) is 4.95. The molecule has 17 heavy (non-hydrogen) atoms. The zero-order valence-electron chi connectivity index (χ0n) is 10.7. The van der Waals surface area contributed by atoms with Crippen LogP contribution in [-0.4, -0.2) is 15.2 Å². The predicted octanol–water partition coefficient (Wildman–Crippen LogP) is 4.11. The van der Waals surface area contributed by atoms with Gasteiger partial charge in [0.15, 0.2) is 0 Å². The average Bonchev–Trinajstić information content (AvgIpc) is 2.76. The van der Waals surface area contributed by atoms with Gasteiger partial charge in [-0.25, -0.2) is 0 Å². The molecular weight excluding hydrogens is 232 g/mol. The van der Waals surface area contributed by atoms with Crippen LogP contribution in [0, 0.1) is 0 Å². The molecule has 0 saturated carbocycles. The fourth-order valence-corrected chi connectivity index (χ4v) is 2.56. The molecule has 0 fully saturated rings. The number of hydrogen-bond acceptors (Lipinski definition) is 1. The molecule has 2 rings (SSSR count).